The molecule has 1 amide bonds. The lowest BCUT2D eigenvalue weighted by atomic mass is 10.1. The Kier molecular flexibility index (Phi) is 6.37. The van der Waals surface area contributed by atoms with Crippen LogP contribution in [0.1, 0.15) is 32.8 Å². The fourth-order valence-corrected chi connectivity index (χ4v) is 2.67. The number of carbonyl (C=O) groups excluding carboxylic acids is 1. The van der Waals surface area contributed by atoms with Crippen molar-refractivity contribution in [1.29, 1.82) is 0 Å². The van der Waals surface area contributed by atoms with Crippen molar-refractivity contribution in [1.82, 2.24) is 15.1 Å². The number of nitrogens with zero attached hydrogens (tertiary/aromatic N) is 2. The minimum absolute atomic E-state index is 0.0597. The highest BCUT2D eigenvalue weighted by atomic mass is 32.1. The van der Waals surface area contributed by atoms with Crippen molar-refractivity contribution in [3.8, 4) is 0 Å². The number of aromatic nitrogens is 2. The van der Waals surface area contributed by atoms with Crippen molar-refractivity contribution in [3.05, 3.63) is 23.8 Å². The molecule has 1 aromatic carbocycles. The number of hydrogen-bond acceptors (Lipinski definition) is 4. The van der Waals surface area contributed by atoms with Crippen molar-refractivity contribution >= 4 is 40.1 Å². The number of aryl methyl sites for hydroxylation is 1. The number of fused-ring (bicyclic) bond motifs is 1. The van der Waals surface area contributed by atoms with Crippen molar-refractivity contribution in [2.75, 3.05) is 11.9 Å². The van der Waals surface area contributed by atoms with Gasteiger partial charge in [0.25, 0.3) is 0 Å². The van der Waals surface area contributed by atoms with Crippen molar-refractivity contribution in [3.63, 3.8) is 0 Å². The van der Waals surface area contributed by atoms with Gasteiger partial charge in [-0.2, -0.15) is 18.3 Å². The van der Waals surface area contributed by atoms with E-state index in [0.717, 1.165) is 6.07 Å². The summed E-state index contributed by atoms with van der Waals surface area (Å²) in [5.41, 5.74) is 4.26. The molecule has 0 fully saturated rings. The predicted octanol–water partition coefficient (Wildman–Crippen LogP) is 3.63. The Labute approximate surface area is 165 Å². The molecule has 0 saturated carbocycles. The fraction of sp³-hybridized carbons (Fsp3) is 0.471. The highest BCUT2D eigenvalue weighted by Crippen LogP contribution is 2.38. The molecule has 0 saturated heterocycles. The first-order valence-electron chi connectivity index (χ1n) is 8.48. The molecule has 0 aliphatic heterocycles. The predicted molar refractivity (Wildman–Crippen MR) is 104 cm³/mol. The number of hydrogen-bond donors (Lipinski definition) is 3. The fourth-order valence-electron chi connectivity index (χ4n) is 2.57. The lowest BCUT2D eigenvalue weighted by molar-refractivity contribution is -0.136. The summed E-state index contributed by atoms with van der Waals surface area (Å²) in [7, 11) is 0. The molecule has 7 nitrogen and oxygen atoms in total. The van der Waals surface area contributed by atoms with Crippen LogP contribution in [0.15, 0.2) is 18.2 Å². The second-order valence-corrected chi connectivity index (χ2v) is 7.48. The largest absolute Gasteiger partial charge is 0.444 e. The van der Waals surface area contributed by atoms with Crippen molar-refractivity contribution in [2.45, 2.75) is 45.5 Å². The molecule has 28 heavy (non-hydrogen) atoms. The number of anilines is 1. The zero-order valence-corrected chi connectivity index (χ0v) is 16.5. The molecule has 0 atom stereocenters. The standard InChI is InChI=1S/C17H22F3N5O2S/c1-16(2,3)27-15(26)22-8-5-9-25-11-7-4-6-10(17(18,19)20)12(11)13(24-25)23-14(21)28/h4,6-7H,5,8-9H2,1-3H3,(H,22,26)(H3,21,23,24,28). The molecular weight excluding hydrogens is 395 g/mol. The molecular formula is C17H22F3N5O2S. The first-order chi connectivity index (χ1) is 12.9. The van der Waals surface area contributed by atoms with E-state index in [4.69, 9.17) is 22.7 Å². The minimum atomic E-state index is -4.56. The second-order valence-electron chi connectivity index (χ2n) is 7.04. The summed E-state index contributed by atoms with van der Waals surface area (Å²) < 4.78 is 46.7. The first kappa shape index (κ1) is 21.7. The molecule has 4 N–H and O–H groups in total. The van der Waals surface area contributed by atoms with Gasteiger partial charge >= 0.3 is 12.3 Å². The van der Waals surface area contributed by atoms with Crippen LogP contribution in [0.4, 0.5) is 23.8 Å². The molecule has 154 valence electrons. The molecule has 0 radical (unpaired) electrons. The Morgan fingerprint density at radius 1 is 1.32 bits per heavy atom. The van der Waals surface area contributed by atoms with E-state index in [1.54, 1.807) is 20.8 Å². The number of benzene rings is 1. The Bertz CT molecular complexity index is 874. The average Bonchev–Trinajstić information content (AvgIpc) is 2.86. The SMILES string of the molecule is CC(C)(C)OC(=O)NCCCn1nc(NC(N)=S)c2c(C(F)(F)F)cccc21. The number of nitrogens with two attached hydrogens (primary N) is 1. The molecule has 1 aromatic heterocycles. The zero-order chi connectivity index (χ0) is 21.1. The summed E-state index contributed by atoms with van der Waals surface area (Å²) in [6, 6.07) is 3.82. The maximum Gasteiger partial charge on any atom is 0.417 e. The normalized spacial score (nSPS) is 12.1. The Hall–Kier alpha value is -2.56. The van der Waals surface area contributed by atoms with E-state index in [0.29, 0.717) is 6.42 Å². The van der Waals surface area contributed by atoms with Crippen LogP contribution in [-0.4, -0.2) is 33.1 Å². The van der Waals surface area contributed by atoms with E-state index in [-0.39, 0.29) is 34.9 Å². The number of halogens is 3. The number of alkyl carbamates (subject to hydrolysis) is 1. The van der Waals surface area contributed by atoms with Gasteiger partial charge in [0.15, 0.2) is 10.9 Å². The third-order valence-electron chi connectivity index (χ3n) is 3.54. The zero-order valence-electron chi connectivity index (χ0n) is 15.7. The molecule has 2 aromatic rings. The number of ether oxygens (including phenoxy) is 1. The van der Waals surface area contributed by atoms with Gasteiger partial charge in [0.2, 0.25) is 0 Å². The van der Waals surface area contributed by atoms with Gasteiger partial charge in [0.1, 0.15) is 5.60 Å². The number of thiocarbonyl (C=S) groups is 1. The van der Waals surface area contributed by atoms with Gasteiger partial charge in [-0.25, -0.2) is 4.79 Å². The van der Waals surface area contributed by atoms with Crippen molar-refractivity contribution < 1.29 is 22.7 Å². The molecule has 0 unspecified atom stereocenters. The molecule has 11 heteroatoms. The average molecular weight is 417 g/mol. The monoisotopic (exact) mass is 417 g/mol. The van der Waals surface area contributed by atoms with E-state index >= 15 is 0 Å². The van der Waals surface area contributed by atoms with Gasteiger partial charge in [0.05, 0.1) is 16.5 Å². The Balaban J connectivity index is 2.19. The molecule has 1 heterocycles. The van der Waals surface area contributed by atoms with Gasteiger partial charge < -0.3 is 21.1 Å². The van der Waals surface area contributed by atoms with E-state index in [1.807, 2.05) is 0 Å². The summed E-state index contributed by atoms with van der Waals surface area (Å²) in [4.78, 5) is 11.6. The third kappa shape index (κ3) is 5.72. The Morgan fingerprint density at radius 3 is 2.57 bits per heavy atom. The van der Waals surface area contributed by atoms with Gasteiger partial charge in [-0.3, -0.25) is 4.68 Å². The van der Waals surface area contributed by atoms with Gasteiger partial charge in [-0.15, -0.1) is 0 Å². The second kappa shape index (κ2) is 8.21. The maximum absolute atomic E-state index is 13.4. The smallest absolute Gasteiger partial charge is 0.417 e. The summed E-state index contributed by atoms with van der Waals surface area (Å²) in [5, 5.41) is 8.98. The van der Waals surface area contributed by atoms with Crippen molar-refractivity contribution in [2.24, 2.45) is 5.73 Å². The van der Waals surface area contributed by atoms with Gasteiger partial charge in [-0.05, 0) is 51.5 Å². The van der Waals surface area contributed by atoms with Gasteiger partial charge in [0, 0.05) is 13.1 Å². The summed E-state index contributed by atoms with van der Waals surface area (Å²) >= 11 is 4.74. The lowest BCUT2D eigenvalue weighted by Gasteiger charge is -2.19. The highest BCUT2D eigenvalue weighted by molar-refractivity contribution is 7.80. The first-order valence-corrected chi connectivity index (χ1v) is 8.89. The number of alkyl halides is 3. The van der Waals surface area contributed by atoms with Crippen LogP contribution in [0.25, 0.3) is 10.9 Å². The van der Waals surface area contributed by atoms with E-state index in [2.05, 4.69) is 15.7 Å². The lowest BCUT2D eigenvalue weighted by Crippen LogP contribution is -2.33. The number of amides is 1. The topological polar surface area (TPSA) is 94.2 Å². The van der Waals surface area contributed by atoms with Crippen LogP contribution in [0.5, 0.6) is 0 Å². The van der Waals surface area contributed by atoms with Crippen LogP contribution in [0.2, 0.25) is 0 Å². The number of carbonyl (C=O) groups is 1. The molecule has 0 bridgehead atoms. The van der Waals surface area contributed by atoms with Crippen LogP contribution in [0.3, 0.4) is 0 Å². The Morgan fingerprint density at radius 2 is 2.00 bits per heavy atom. The van der Waals surface area contributed by atoms with Crippen LogP contribution in [-0.2, 0) is 17.5 Å². The highest BCUT2D eigenvalue weighted by Gasteiger charge is 2.34. The summed E-state index contributed by atoms with van der Waals surface area (Å²) in [5.74, 6) is -0.0597. The van der Waals surface area contributed by atoms with E-state index in [1.165, 1.54) is 16.8 Å². The minimum Gasteiger partial charge on any atom is -0.444 e. The molecule has 0 aliphatic carbocycles. The third-order valence-corrected chi connectivity index (χ3v) is 3.64. The van der Waals surface area contributed by atoms with E-state index in [9.17, 15) is 18.0 Å². The van der Waals surface area contributed by atoms with Crippen LogP contribution < -0.4 is 16.4 Å². The maximum atomic E-state index is 13.4. The van der Waals surface area contributed by atoms with Gasteiger partial charge in [-0.1, -0.05) is 6.07 Å². The number of nitrogens with one attached hydrogen (secondary N) is 2. The number of rotatable bonds is 5. The molecule has 2 rings (SSSR count). The summed E-state index contributed by atoms with van der Waals surface area (Å²) in [6.45, 7) is 5.78. The van der Waals surface area contributed by atoms with E-state index < -0.39 is 23.4 Å². The summed E-state index contributed by atoms with van der Waals surface area (Å²) in [6.07, 6.45) is -4.69. The van der Waals surface area contributed by atoms with Crippen LogP contribution >= 0.6 is 12.2 Å². The van der Waals surface area contributed by atoms with Crippen LogP contribution in [0, 0.1) is 0 Å². The quantitative estimate of drug-likeness (QED) is 0.508. The molecule has 0 aliphatic rings. The molecule has 0 spiro atoms.